The Morgan fingerprint density at radius 1 is 1.37 bits per heavy atom. The molecule has 0 aliphatic carbocycles. The molecule has 1 aliphatic heterocycles. The number of alkyl halides is 3. The van der Waals surface area contributed by atoms with Gasteiger partial charge in [0.05, 0.1) is 5.56 Å². The second kappa shape index (κ2) is 9.52. The summed E-state index contributed by atoms with van der Waals surface area (Å²) in [7, 11) is 0. The molecule has 1 amide bonds. The molecule has 1 aliphatic rings. The number of rotatable bonds is 6. The van der Waals surface area contributed by atoms with Crippen LogP contribution in [0.25, 0.3) is 0 Å². The molecule has 4 nitrogen and oxygen atoms in total. The maximum Gasteiger partial charge on any atom is 0.416 e. The average molecular weight is 420 g/mol. The van der Waals surface area contributed by atoms with Crippen molar-refractivity contribution in [3.63, 3.8) is 0 Å². The van der Waals surface area contributed by atoms with Gasteiger partial charge in [-0.2, -0.15) is 13.2 Å². The number of aromatic nitrogens is 1. The normalized spacial score (nSPS) is 16.8. The van der Waals surface area contributed by atoms with Gasteiger partial charge in [0.15, 0.2) is 5.13 Å². The molecule has 3 rings (SSSR count). The van der Waals surface area contributed by atoms with Crippen LogP contribution in [0.3, 0.4) is 0 Å². The van der Waals surface area contributed by atoms with Crippen LogP contribution in [0.15, 0.2) is 30.5 Å². The number of benzene rings is 1. The zero-order chi connectivity index (χ0) is 18.6. The Hall–Kier alpha value is -1.64. The first-order valence-corrected chi connectivity index (χ1v) is 9.33. The zero-order valence-electron chi connectivity index (χ0n) is 14.5. The van der Waals surface area contributed by atoms with E-state index in [4.69, 9.17) is 0 Å². The van der Waals surface area contributed by atoms with E-state index in [1.165, 1.54) is 17.4 Å². The number of halogens is 4. The van der Waals surface area contributed by atoms with Crippen molar-refractivity contribution in [3.8, 4) is 0 Å². The Morgan fingerprint density at radius 2 is 2.19 bits per heavy atom. The van der Waals surface area contributed by atoms with Gasteiger partial charge in [-0.3, -0.25) is 4.79 Å². The zero-order valence-corrected chi connectivity index (χ0v) is 16.1. The van der Waals surface area contributed by atoms with E-state index in [1.54, 1.807) is 12.3 Å². The van der Waals surface area contributed by atoms with Gasteiger partial charge in [0, 0.05) is 23.9 Å². The minimum absolute atomic E-state index is 0. The molecule has 1 aromatic heterocycles. The second-order valence-electron chi connectivity index (χ2n) is 6.45. The van der Waals surface area contributed by atoms with Crippen molar-refractivity contribution in [1.29, 1.82) is 0 Å². The van der Waals surface area contributed by atoms with Crippen molar-refractivity contribution in [1.82, 2.24) is 10.3 Å². The van der Waals surface area contributed by atoms with Crippen molar-refractivity contribution < 1.29 is 18.0 Å². The molecule has 0 saturated carbocycles. The molecule has 0 radical (unpaired) electrons. The highest BCUT2D eigenvalue weighted by Gasteiger charge is 2.30. The topological polar surface area (TPSA) is 54.0 Å². The summed E-state index contributed by atoms with van der Waals surface area (Å²) in [6, 6.07) is 5.26. The summed E-state index contributed by atoms with van der Waals surface area (Å²) >= 11 is 1.29. The fraction of sp³-hybridized carbons (Fsp3) is 0.444. The number of carbonyl (C=O) groups excluding carboxylic acids is 1. The van der Waals surface area contributed by atoms with Gasteiger partial charge in [-0.15, -0.1) is 23.7 Å². The average Bonchev–Trinajstić information content (AvgIpc) is 3.24. The number of hydrogen-bond acceptors (Lipinski definition) is 4. The molecule has 1 atom stereocenters. The maximum absolute atomic E-state index is 12.8. The second-order valence-corrected chi connectivity index (χ2v) is 7.57. The highest BCUT2D eigenvalue weighted by atomic mass is 35.5. The summed E-state index contributed by atoms with van der Waals surface area (Å²) in [6.07, 6.45) is 0.00612. The van der Waals surface area contributed by atoms with Crippen LogP contribution in [0.4, 0.5) is 18.3 Å². The number of thiazole rings is 1. The lowest BCUT2D eigenvalue weighted by molar-refractivity contribution is -0.137. The van der Waals surface area contributed by atoms with Gasteiger partial charge in [-0.1, -0.05) is 18.2 Å². The third kappa shape index (κ3) is 6.48. The van der Waals surface area contributed by atoms with Gasteiger partial charge in [-0.05, 0) is 43.5 Å². The molecule has 2 heterocycles. The Morgan fingerprint density at radius 3 is 2.89 bits per heavy atom. The van der Waals surface area contributed by atoms with Crippen LogP contribution < -0.4 is 10.6 Å². The first-order valence-electron chi connectivity index (χ1n) is 8.51. The number of amides is 1. The van der Waals surface area contributed by atoms with Crippen molar-refractivity contribution in [3.05, 3.63) is 46.5 Å². The molecule has 9 heteroatoms. The van der Waals surface area contributed by atoms with Crippen molar-refractivity contribution >= 4 is 34.8 Å². The van der Waals surface area contributed by atoms with Crippen LogP contribution in [0.5, 0.6) is 0 Å². The highest BCUT2D eigenvalue weighted by Crippen LogP contribution is 2.30. The summed E-state index contributed by atoms with van der Waals surface area (Å²) in [5.41, 5.74) is -0.0930. The molecule has 2 N–H and O–H groups in total. The summed E-state index contributed by atoms with van der Waals surface area (Å²) in [6.45, 7) is 1.98. The van der Waals surface area contributed by atoms with Gasteiger partial charge in [0.2, 0.25) is 5.91 Å². The smallest absolute Gasteiger partial charge is 0.316 e. The molecular weight excluding hydrogens is 399 g/mol. The van der Waals surface area contributed by atoms with E-state index < -0.39 is 11.7 Å². The fourth-order valence-electron chi connectivity index (χ4n) is 2.98. The number of anilines is 1. The van der Waals surface area contributed by atoms with E-state index in [1.807, 2.05) is 0 Å². The molecule has 0 spiro atoms. The van der Waals surface area contributed by atoms with Gasteiger partial charge in [-0.25, -0.2) is 4.98 Å². The lowest BCUT2D eigenvalue weighted by Gasteiger charge is -2.08. The first kappa shape index (κ1) is 21.7. The number of hydrogen-bond donors (Lipinski definition) is 2. The Bertz CT molecular complexity index is 760. The van der Waals surface area contributed by atoms with Crippen molar-refractivity contribution in [2.75, 3.05) is 18.4 Å². The third-order valence-electron chi connectivity index (χ3n) is 4.37. The van der Waals surface area contributed by atoms with Crippen molar-refractivity contribution in [2.24, 2.45) is 5.92 Å². The van der Waals surface area contributed by atoms with E-state index in [0.717, 1.165) is 42.9 Å². The predicted octanol–water partition coefficient (Wildman–Crippen LogP) is 4.50. The standard InChI is InChI=1S/C18H20F3N3OS.ClH/c19-18(20,21)14-3-1-2-13(8-14)9-15-11-23-17(26-15)24-16(25)5-4-12-6-7-22-10-12;/h1-3,8,11-12,22H,4-7,9-10H2,(H,23,24,25);1H. The Labute approximate surface area is 166 Å². The van der Waals surface area contributed by atoms with E-state index in [2.05, 4.69) is 15.6 Å². The summed E-state index contributed by atoms with van der Waals surface area (Å²) in [4.78, 5) is 17.0. The van der Waals surface area contributed by atoms with E-state index in [9.17, 15) is 18.0 Å². The van der Waals surface area contributed by atoms with Crippen LogP contribution in [0.1, 0.15) is 35.3 Å². The van der Waals surface area contributed by atoms with Crippen LogP contribution >= 0.6 is 23.7 Å². The molecule has 0 bridgehead atoms. The molecule has 148 valence electrons. The molecule has 1 saturated heterocycles. The van der Waals surface area contributed by atoms with Gasteiger partial charge in [0.25, 0.3) is 0 Å². The predicted molar refractivity (Wildman–Crippen MR) is 102 cm³/mol. The number of nitrogens with zero attached hydrogens (tertiary/aromatic N) is 1. The molecule has 2 aromatic rings. The molecular formula is C18H21ClF3N3OS. The number of nitrogens with one attached hydrogen (secondary N) is 2. The fourth-order valence-corrected chi connectivity index (χ4v) is 3.85. The van der Waals surface area contributed by atoms with Gasteiger partial charge >= 0.3 is 6.18 Å². The van der Waals surface area contributed by atoms with Gasteiger partial charge in [0.1, 0.15) is 0 Å². The monoisotopic (exact) mass is 419 g/mol. The molecule has 1 unspecified atom stereocenters. The van der Waals surface area contributed by atoms with Crippen molar-refractivity contribution in [2.45, 2.75) is 31.9 Å². The summed E-state index contributed by atoms with van der Waals surface area (Å²) in [5.74, 6) is 0.477. The van der Waals surface area contributed by atoms with Gasteiger partial charge < -0.3 is 10.6 Å². The Balaban J connectivity index is 0.00000261. The summed E-state index contributed by atoms with van der Waals surface area (Å²) < 4.78 is 38.3. The highest BCUT2D eigenvalue weighted by molar-refractivity contribution is 7.15. The summed E-state index contributed by atoms with van der Waals surface area (Å²) in [5, 5.41) is 6.54. The number of carbonyl (C=O) groups is 1. The minimum Gasteiger partial charge on any atom is -0.316 e. The van der Waals surface area contributed by atoms with E-state index in [-0.39, 0.29) is 18.3 Å². The lowest BCUT2D eigenvalue weighted by atomic mass is 10.0. The lowest BCUT2D eigenvalue weighted by Crippen LogP contribution is -2.14. The van der Waals surface area contributed by atoms with Crippen LogP contribution in [-0.2, 0) is 17.4 Å². The molecule has 1 fully saturated rings. The molecule has 27 heavy (non-hydrogen) atoms. The van der Waals surface area contributed by atoms with Crippen LogP contribution in [0.2, 0.25) is 0 Å². The van der Waals surface area contributed by atoms with Crippen LogP contribution in [-0.4, -0.2) is 24.0 Å². The van der Waals surface area contributed by atoms with Crippen LogP contribution in [0, 0.1) is 5.92 Å². The Kier molecular flexibility index (Phi) is 7.64. The van der Waals surface area contributed by atoms with E-state index in [0.29, 0.717) is 29.5 Å². The third-order valence-corrected chi connectivity index (χ3v) is 5.29. The largest absolute Gasteiger partial charge is 0.416 e. The quantitative estimate of drug-likeness (QED) is 0.724. The first-order chi connectivity index (χ1) is 12.4. The molecule has 1 aromatic carbocycles. The van der Waals surface area contributed by atoms with E-state index >= 15 is 0 Å². The maximum atomic E-state index is 12.8. The SMILES string of the molecule is Cl.O=C(CCC1CCNC1)Nc1ncc(Cc2cccc(C(F)(F)F)c2)s1. The minimum atomic E-state index is -4.35.